The smallest absolute Gasteiger partial charge is 0.352 e. The summed E-state index contributed by atoms with van der Waals surface area (Å²) in [5, 5.41) is 45.0. The Morgan fingerprint density at radius 2 is 1.79 bits per heavy atom. The van der Waals surface area contributed by atoms with E-state index in [9.17, 15) is 40.0 Å². The molecule has 12 nitrogen and oxygen atoms in total. The molecule has 156 valence electrons. The lowest BCUT2D eigenvalue weighted by Gasteiger charge is -2.39. The van der Waals surface area contributed by atoms with Crippen LogP contribution in [-0.4, -0.2) is 37.7 Å². The minimum atomic E-state index is -1.40. The highest BCUT2D eigenvalue weighted by Crippen LogP contribution is 2.56. The molecule has 0 unspecified atom stereocenters. The van der Waals surface area contributed by atoms with Crippen molar-refractivity contribution in [1.29, 1.82) is 0 Å². The van der Waals surface area contributed by atoms with E-state index in [0.717, 1.165) is 18.2 Å². The van der Waals surface area contributed by atoms with Crippen LogP contribution in [0.2, 0.25) is 0 Å². The fraction of sp³-hybridized carbons (Fsp3) is 0.471. The van der Waals surface area contributed by atoms with Crippen LogP contribution in [0.5, 0.6) is 0 Å². The second kappa shape index (κ2) is 7.45. The Bertz CT molecular complexity index is 926. The average Bonchev–Trinajstić information content (AvgIpc) is 2.84. The van der Waals surface area contributed by atoms with Crippen molar-refractivity contribution < 1.29 is 29.6 Å². The Hall–Kier alpha value is -3.57. The number of nitrogens with one attached hydrogen (secondary N) is 1. The van der Waals surface area contributed by atoms with E-state index in [1.165, 1.54) is 0 Å². The zero-order valence-corrected chi connectivity index (χ0v) is 15.9. The van der Waals surface area contributed by atoms with Crippen molar-refractivity contribution in [1.82, 2.24) is 0 Å². The molecule has 1 saturated carbocycles. The second-order valence-electron chi connectivity index (χ2n) is 7.58. The zero-order chi connectivity index (χ0) is 22.1. The van der Waals surface area contributed by atoms with E-state index < -0.39 is 49.9 Å². The molecule has 12 heteroatoms. The number of carboxylic acids is 2. The van der Waals surface area contributed by atoms with E-state index in [1.807, 2.05) is 0 Å². The van der Waals surface area contributed by atoms with Gasteiger partial charge < -0.3 is 10.2 Å². The number of non-ortho nitro benzene ring substituents is 1. The largest absolute Gasteiger partial charge is 0.481 e. The molecule has 1 aromatic rings. The molecule has 1 aromatic carbocycles. The van der Waals surface area contributed by atoms with E-state index in [4.69, 9.17) is 0 Å². The quantitative estimate of drug-likeness (QED) is 0.346. The molecule has 29 heavy (non-hydrogen) atoms. The average molecular weight is 408 g/mol. The zero-order valence-electron chi connectivity index (χ0n) is 15.9. The summed E-state index contributed by atoms with van der Waals surface area (Å²) < 4.78 is 0. The van der Waals surface area contributed by atoms with Gasteiger partial charge in [-0.05, 0) is 24.3 Å². The number of nitro groups is 2. The molecule has 3 N–H and O–H groups in total. The van der Waals surface area contributed by atoms with Gasteiger partial charge >= 0.3 is 17.6 Å². The lowest BCUT2D eigenvalue weighted by molar-refractivity contribution is -0.393. The van der Waals surface area contributed by atoms with Gasteiger partial charge in [0.15, 0.2) is 5.71 Å². The van der Waals surface area contributed by atoms with Crippen molar-refractivity contribution in [2.45, 2.75) is 33.6 Å². The van der Waals surface area contributed by atoms with Gasteiger partial charge in [-0.3, -0.25) is 30.4 Å². The molecule has 0 bridgehead atoms. The van der Waals surface area contributed by atoms with Crippen LogP contribution < -0.4 is 5.43 Å². The predicted octanol–water partition coefficient (Wildman–Crippen LogP) is 2.88. The third-order valence-electron chi connectivity index (χ3n) is 5.93. The summed E-state index contributed by atoms with van der Waals surface area (Å²) in [6.45, 7) is 4.88. The van der Waals surface area contributed by atoms with Crippen LogP contribution >= 0.6 is 0 Å². The van der Waals surface area contributed by atoms with Crippen molar-refractivity contribution in [2.24, 2.45) is 21.8 Å². The van der Waals surface area contributed by atoms with Gasteiger partial charge in [0.1, 0.15) is 5.69 Å². The standard InChI is InChI=1S/C17H20N4O8/c1-16(2)10(14(22)23)6-7-17(16,3)13(15(24)25)19-18-11-5-4-9(20(26)27)8-12(11)21(28)29/h4-5,8,10,18H,6-7H2,1-3H3,(H,22,23)(H,24,25)/b19-13+/t10-,17-/m1/s1. The summed E-state index contributed by atoms with van der Waals surface area (Å²) in [5.74, 6) is -3.23. The molecular formula is C17H20N4O8. The van der Waals surface area contributed by atoms with Gasteiger partial charge in [-0.1, -0.05) is 20.8 Å². The van der Waals surface area contributed by atoms with Crippen LogP contribution in [0, 0.1) is 37.0 Å². The van der Waals surface area contributed by atoms with Crippen molar-refractivity contribution in [3.05, 3.63) is 38.4 Å². The van der Waals surface area contributed by atoms with Crippen molar-refractivity contribution in [2.75, 3.05) is 5.43 Å². The molecule has 0 heterocycles. The lowest BCUT2D eigenvalue weighted by atomic mass is 9.63. The summed E-state index contributed by atoms with van der Waals surface area (Å²) in [7, 11) is 0. The number of nitrogens with zero attached hydrogens (tertiary/aromatic N) is 3. The normalized spacial score (nSPS) is 23.4. The first-order valence-electron chi connectivity index (χ1n) is 8.56. The van der Waals surface area contributed by atoms with Gasteiger partial charge in [0.25, 0.3) is 5.69 Å². The SMILES string of the molecule is CC1(C)[C@@H](C(=O)O)CC[C@]1(C)/C(=N/Nc1ccc([N+](=O)[O-])cc1[N+](=O)[O-])C(=O)O. The predicted molar refractivity (Wildman–Crippen MR) is 101 cm³/mol. The van der Waals surface area contributed by atoms with Crippen LogP contribution in [0.15, 0.2) is 23.3 Å². The third-order valence-corrected chi connectivity index (χ3v) is 5.93. The topological polar surface area (TPSA) is 185 Å². The van der Waals surface area contributed by atoms with E-state index in [-0.39, 0.29) is 24.2 Å². The number of nitro benzene ring substituents is 2. The number of anilines is 1. The van der Waals surface area contributed by atoms with E-state index >= 15 is 0 Å². The number of carbonyl (C=O) groups is 2. The maximum absolute atomic E-state index is 11.9. The van der Waals surface area contributed by atoms with Gasteiger partial charge in [0.05, 0.1) is 21.8 Å². The molecular weight excluding hydrogens is 388 g/mol. The van der Waals surface area contributed by atoms with Crippen molar-refractivity contribution in [3.8, 4) is 0 Å². The highest BCUT2D eigenvalue weighted by molar-refractivity contribution is 6.38. The molecule has 1 fully saturated rings. The Kier molecular flexibility index (Phi) is 5.58. The van der Waals surface area contributed by atoms with Gasteiger partial charge in [-0.25, -0.2) is 4.79 Å². The number of rotatable bonds is 7. The minimum absolute atomic E-state index is 0.228. The molecule has 0 aliphatic heterocycles. The first kappa shape index (κ1) is 21.7. The van der Waals surface area contributed by atoms with Crippen LogP contribution in [0.1, 0.15) is 33.6 Å². The number of aliphatic carboxylic acids is 2. The first-order valence-corrected chi connectivity index (χ1v) is 8.56. The Balaban J connectivity index is 2.48. The number of hydrogen-bond donors (Lipinski definition) is 3. The van der Waals surface area contributed by atoms with Crippen LogP contribution in [-0.2, 0) is 9.59 Å². The van der Waals surface area contributed by atoms with Crippen LogP contribution in [0.4, 0.5) is 17.1 Å². The van der Waals surface area contributed by atoms with Crippen LogP contribution in [0.25, 0.3) is 0 Å². The third kappa shape index (κ3) is 3.73. The summed E-state index contributed by atoms with van der Waals surface area (Å²) in [4.78, 5) is 43.9. The monoisotopic (exact) mass is 408 g/mol. The summed E-state index contributed by atoms with van der Waals surface area (Å²) in [6.07, 6.45) is 0.495. The Morgan fingerprint density at radius 1 is 1.17 bits per heavy atom. The maximum atomic E-state index is 11.9. The fourth-order valence-corrected chi connectivity index (χ4v) is 3.76. The van der Waals surface area contributed by atoms with E-state index in [0.29, 0.717) is 0 Å². The Labute approximate surface area is 164 Å². The number of carboxylic acid groups (broad SMARTS) is 2. The molecule has 1 aliphatic rings. The molecule has 1 aliphatic carbocycles. The minimum Gasteiger partial charge on any atom is -0.481 e. The van der Waals surface area contributed by atoms with Crippen molar-refractivity contribution in [3.63, 3.8) is 0 Å². The van der Waals surface area contributed by atoms with Crippen molar-refractivity contribution >= 4 is 34.7 Å². The molecule has 0 saturated heterocycles. The van der Waals surface area contributed by atoms with Gasteiger partial charge in [-0.15, -0.1) is 0 Å². The highest BCUT2D eigenvalue weighted by atomic mass is 16.6. The molecule has 0 spiro atoms. The van der Waals surface area contributed by atoms with Gasteiger partial charge in [0.2, 0.25) is 0 Å². The molecule has 0 radical (unpaired) electrons. The highest BCUT2D eigenvalue weighted by Gasteiger charge is 2.58. The lowest BCUT2D eigenvalue weighted by Crippen LogP contribution is -2.46. The number of hydrogen-bond acceptors (Lipinski definition) is 8. The molecule has 2 atom stereocenters. The van der Waals surface area contributed by atoms with E-state index in [2.05, 4.69) is 10.5 Å². The number of hydrazone groups is 1. The van der Waals surface area contributed by atoms with E-state index in [1.54, 1.807) is 20.8 Å². The van der Waals surface area contributed by atoms with Gasteiger partial charge in [-0.2, -0.15) is 5.10 Å². The maximum Gasteiger partial charge on any atom is 0.352 e. The summed E-state index contributed by atoms with van der Waals surface area (Å²) in [6, 6.07) is 2.81. The summed E-state index contributed by atoms with van der Waals surface area (Å²) in [5.41, 5.74) is -1.52. The van der Waals surface area contributed by atoms with Crippen LogP contribution in [0.3, 0.4) is 0 Å². The molecule has 0 aromatic heterocycles. The molecule has 2 rings (SSSR count). The fourth-order valence-electron chi connectivity index (χ4n) is 3.76. The second-order valence-corrected chi connectivity index (χ2v) is 7.58. The summed E-state index contributed by atoms with van der Waals surface area (Å²) >= 11 is 0. The Morgan fingerprint density at radius 3 is 2.24 bits per heavy atom. The molecule has 0 amide bonds. The first-order chi connectivity index (χ1) is 13.3. The van der Waals surface area contributed by atoms with Gasteiger partial charge in [0, 0.05) is 11.5 Å². The number of benzene rings is 1.